The molecule has 0 heterocycles. The van der Waals surface area contributed by atoms with Crippen LogP contribution in [0.1, 0.15) is 16.7 Å². The fourth-order valence-corrected chi connectivity index (χ4v) is 2.11. The first-order valence-corrected chi connectivity index (χ1v) is 7.16. The summed E-state index contributed by atoms with van der Waals surface area (Å²) in [5.41, 5.74) is 3.37. The molecule has 0 spiro atoms. The van der Waals surface area contributed by atoms with Gasteiger partial charge in [0.1, 0.15) is 12.4 Å². The predicted octanol–water partition coefficient (Wildman–Crippen LogP) is 3.04. The maximum absolute atomic E-state index is 11.9. The summed E-state index contributed by atoms with van der Waals surface area (Å²) in [7, 11) is 0. The molecule has 0 aliphatic heterocycles. The van der Waals surface area contributed by atoms with Crippen LogP contribution < -0.4 is 10.1 Å². The molecule has 0 radical (unpaired) electrons. The molecule has 1 N–H and O–H groups in total. The van der Waals surface area contributed by atoms with E-state index in [0.717, 1.165) is 22.4 Å². The summed E-state index contributed by atoms with van der Waals surface area (Å²) in [5, 5.41) is 2.88. The molecule has 1 amide bonds. The second-order valence-electron chi connectivity index (χ2n) is 5.12. The number of carbonyl (C=O) groups is 1. The van der Waals surface area contributed by atoms with E-state index >= 15 is 0 Å². The van der Waals surface area contributed by atoms with E-state index in [1.54, 1.807) is 0 Å². The molecule has 3 nitrogen and oxygen atoms in total. The summed E-state index contributed by atoms with van der Waals surface area (Å²) in [6.45, 7) is 5.03. The van der Waals surface area contributed by atoms with Gasteiger partial charge < -0.3 is 10.1 Å². The number of carbonyl (C=O) groups excluding carboxylic acids is 1. The topological polar surface area (TPSA) is 38.3 Å². The van der Waals surface area contributed by atoms with Gasteiger partial charge in [-0.3, -0.25) is 4.79 Å². The van der Waals surface area contributed by atoms with Gasteiger partial charge in [-0.25, -0.2) is 0 Å². The molecule has 0 saturated heterocycles. The first-order valence-electron chi connectivity index (χ1n) is 7.16. The number of rotatable bonds is 6. The van der Waals surface area contributed by atoms with Crippen molar-refractivity contribution in [3.63, 3.8) is 0 Å². The molecule has 0 aliphatic rings. The molecule has 2 aromatic carbocycles. The average molecular weight is 283 g/mol. The van der Waals surface area contributed by atoms with Crippen molar-refractivity contribution in [1.82, 2.24) is 5.32 Å². The van der Waals surface area contributed by atoms with Crippen LogP contribution in [0.3, 0.4) is 0 Å². The van der Waals surface area contributed by atoms with E-state index < -0.39 is 0 Å². The van der Waals surface area contributed by atoms with Crippen LogP contribution in [0.25, 0.3) is 0 Å². The van der Waals surface area contributed by atoms with Crippen LogP contribution in [0.5, 0.6) is 5.75 Å². The van der Waals surface area contributed by atoms with E-state index in [9.17, 15) is 4.79 Å². The Labute approximate surface area is 126 Å². The molecule has 0 aliphatic carbocycles. The van der Waals surface area contributed by atoms with Crippen molar-refractivity contribution in [3.8, 4) is 5.75 Å². The largest absolute Gasteiger partial charge is 0.492 e. The van der Waals surface area contributed by atoms with Crippen molar-refractivity contribution >= 4 is 5.91 Å². The van der Waals surface area contributed by atoms with Gasteiger partial charge in [0.2, 0.25) is 5.91 Å². The lowest BCUT2D eigenvalue weighted by molar-refractivity contribution is -0.120. The minimum absolute atomic E-state index is 0.0251. The van der Waals surface area contributed by atoms with E-state index in [4.69, 9.17) is 4.74 Å². The molecule has 0 saturated carbocycles. The molecule has 0 fully saturated rings. The molecule has 0 aromatic heterocycles. The van der Waals surface area contributed by atoms with Crippen molar-refractivity contribution in [3.05, 3.63) is 65.2 Å². The van der Waals surface area contributed by atoms with Crippen molar-refractivity contribution < 1.29 is 9.53 Å². The highest BCUT2D eigenvalue weighted by Crippen LogP contribution is 2.11. The number of hydrogen-bond acceptors (Lipinski definition) is 2. The van der Waals surface area contributed by atoms with Crippen LogP contribution in [0.2, 0.25) is 0 Å². The van der Waals surface area contributed by atoms with Crippen LogP contribution in [0, 0.1) is 13.8 Å². The predicted molar refractivity (Wildman–Crippen MR) is 84.6 cm³/mol. The number of hydrogen-bond donors (Lipinski definition) is 1. The quantitative estimate of drug-likeness (QED) is 0.828. The highest BCUT2D eigenvalue weighted by molar-refractivity contribution is 5.78. The number of benzene rings is 2. The Morgan fingerprint density at radius 3 is 2.67 bits per heavy atom. The summed E-state index contributed by atoms with van der Waals surface area (Å²) in [6.07, 6.45) is 0.414. The molecular weight excluding hydrogens is 262 g/mol. The maximum Gasteiger partial charge on any atom is 0.224 e. The fraction of sp³-hybridized carbons (Fsp3) is 0.278. The SMILES string of the molecule is Cc1cccc(OCCNC(=O)Cc2ccccc2C)c1. The van der Waals surface area contributed by atoms with Gasteiger partial charge >= 0.3 is 0 Å². The van der Waals surface area contributed by atoms with Crippen molar-refractivity contribution in [2.45, 2.75) is 20.3 Å². The second kappa shape index (κ2) is 7.48. The van der Waals surface area contributed by atoms with Gasteiger partial charge in [0.15, 0.2) is 0 Å². The minimum atomic E-state index is 0.0251. The zero-order valence-electron chi connectivity index (χ0n) is 12.6. The summed E-state index contributed by atoms with van der Waals surface area (Å²) >= 11 is 0. The Bertz CT molecular complexity index is 608. The summed E-state index contributed by atoms with van der Waals surface area (Å²) in [6, 6.07) is 15.8. The summed E-state index contributed by atoms with van der Waals surface area (Å²) in [5.74, 6) is 0.861. The second-order valence-corrected chi connectivity index (χ2v) is 5.12. The van der Waals surface area contributed by atoms with Gasteiger partial charge in [-0.05, 0) is 42.7 Å². The highest BCUT2D eigenvalue weighted by atomic mass is 16.5. The molecule has 3 heteroatoms. The van der Waals surface area contributed by atoms with Crippen molar-refractivity contribution in [2.24, 2.45) is 0 Å². The standard InChI is InChI=1S/C18H21NO2/c1-14-6-5-9-17(12-14)21-11-10-19-18(20)13-16-8-4-3-7-15(16)2/h3-9,12H,10-11,13H2,1-2H3,(H,19,20). The monoisotopic (exact) mass is 283 g/mol. The average Bonchev–Trinajstić information content (AvgIpc) is 2.46. The van der Waals surface area contributed by atoms with Crippen LogP contribution in [0.4, 0.5) is 0 Å². The van der Waals surface area contributed by atoms with Crippen molar-refractivity contribution in [1.29, 1.82) is 0 Å². The summed E-state index contributed by atoms with van der Waals surface area (Å²) in [4.78, 5) is 11.9. The summed E-state index contributed by atoms with van der Waals surface area (Å²) < 4.78 is 5.60. The molecule has 110 valence electrons. The van der Waals surface area contributed by atoms with Gasteiger partial charge in [-0.2, -0.15) is 0 Å². The molecule has 2 aromatic rings. The molecule has 0 unspecified atom stereocenters. The van der Waals surface area contributed by atoms with Gasteiger partial charge in [0.05, 0.1) is 13.0 Å². The molecule has 0 bridgehead atoms. The fourth-order valence-electron chi connectivity index (χ4n) is 2.11. The number of ether oxygens (including phenoxy) is 1. The van der Waals surface area contributed by atoms with Crippen LogP contribution >= 0.6 is 0 Å². The smallest absolute Gasteiger partial charge is 0.224 e. The Hall–Kier alpha value is -2.29. The maximum atomic E-state index is 11.9. The van der Waals surface area contributed by atoms with Gasteiger partial charge in [-0.1, -0.05) is 36.4 Å². The Kier molecular flexibility index (Phi) is 5.38. The molecule has 0 atom stereocenters. The Balaban J connectivity index is 1.71. The van der Waals surface area contributed by atoms with E-state index in [1.165, 1.54) is 0 Å². The highest BCUT2D eigenvalue weighted by Gasteiger charge is 2.04. The van der Waals surface area contributed by atoms with Gasteiger partial charge in [-0.15, -0.1) is 0 Å². The molecule has 21 heavy (non-hydrogen) atoms. The van der Waals surface area contributed by atoms with E-state index in [1.807, 2.05) is 62.4 Å². The van der Waals surface area contributed by atoms with Crippen LogP contribution in [0.15, 0.2) is 48.5 Å². The first-order chi connectivity index (χ1) is 10.1. The van der Waals surface area contributed by atoms with Crippen LogP contribution in [-0.4, -0.2) is 19.1 Å². The Morgan fingerprint density at radius 1 is 1.10 bits per heavy atom. The third-order valence-electron chi connectivity index (χ3n) is 3.29. The minimum Gasteiger partial charge on any atom is -0.492 e. The van der Waals surface area contributed by atoms with E-state index in [2.05, 4.69) is 5.32 Å². The normalized spacial score (nSPS) is 10.2. The Morgan fingerprint density at radius 2 is 1.90 bits per heavy atom. The third kappa shape index (κ3) is 4.95. The lowest BCUT2D eigenvalue weighted by Gasteiger charge is -2.09. The number of aryl methyl sites for hydroxylation is 2. The van der Waals surface area contributed by atoms with Gasteiger partial charge in [0.25, 0.3) is 0 Å². The lowest BCUT2D eigenvalue weighted by atomic mass is 10.1. The van der Waals surface area contributed by atoms with Crippen molar-refractivity contribution in [2.75, 3.05) is 13.2 Å². The van der Waals surface area contributed by atoms with Gasteiger partial charge in [0, 0.05) is 0 Å². The van der Waals surface area contributed by atoms with Crippen LogP contribution in [-0.2, 0) is 11.2 Å². The lowest BCUT2D eigenvalue weighted by Crippen LogP contribution is -2.29. The zero-order valence-corrected chi connectivity index (χ0v) is 12.6. The zero-order chi connectivity index (χ0) is 15.1. The molecular formula is C18H21NO2. The van der Waals surface area contributed by atoms with E-state index in [0.29, 0.717) is 19.6 Å². The number of amides is 1. The van der Waals surface area contributed by atoms with E-state index in [-0.39, 0.29) is 5.91 Å². The molecule has 2 rings (SSSR count). The third-order valence-corrected chi connectivity index (χ3v) is 3.29. The first kappa shape index (κ1) is 15.1. The number of nitrogens with one attached hydrogen (secondary N) is 1.